The highest BCUT2D eigenvalue weighted by atomic mass is 79.9. The van der Waals surface area contributed by atoms with Crippen LogP contribution in [0.15, 0.2) is 34.8 Å². The van der Waals surface area contributed by atoms with E-state index >= 15 is 0 Å². The Morgan fingerprint density at radius 1 is 1.22 bits per heavy atom. The van der Waals surface area contributed by atoms with E-state index in [1.165, 1.54) is 16.7 Å². The minimum atomic E-state index is 0.286. The molecule has 2 aromatic carbocycles. The maximum absolute atomic E-state index is 5.54. The second-order valence-corrected chi connectivity index (χ2v) is 6.69. The molecule has 0 saturated carbocycles. The van der Waals surface area contributed by atoms with E-state index in [1.54, 1.807) is 7.11 Å². The first-order valence-corrected chi connectivity index (χ1v) is 8.52. The molecular formula is C18H18BrNO3. The third-order valence-electron chi connectivity index (χ3n) is 4.45. The highest BCUT2D eigenvalue weighted by molar-refractivity contribution is 9.10. The molecule has 2 heterocycles. The van der Waals surface area contributed by atoms with Gasteiger partial charge in [0.25, 0.3) is 0 Å². The highest BCUT2D eigenvalue weighted by Crippen LogP contribution is 2.39. The van der Waals surface area contributed by atoms with Gasteiger partial charge < -0.3 is 19.5 Å². The zero-order valence-electron chi connectivity index (χ0n) is 12.9. The number of fused-ring (bicyclic) bond motifs is 2. The molecule has 5 heteroatoms. The number of benzene rings is 2. The minimum Gasteiger partial charge on any atom is -0.496 e. The summed E-state index contributed by atoms with van der Waals surface area (Å²) in [5.41, 5.74) is 3.93. The van der Waals surface area contributed by atoms with Crippen LogP contribution in [0.1, 0.15) is 22.7 Å². The topological polar surface area (TPSA) is 39.7 Å². The molecule has 23 heavy (non-hydrogen) atoms. The zero-order chi connectivity index (χ0) is 15.8. The summed E-state index contributed by atoms with van der Waals surface area (Å²) in [6.45, 7) is 1.30. The molecule has 0 radical (unpaired) electrons. The molecular weight excluding hydrogens is 358 g/mol. The van der Waals surface area contributed by atoms with E-state index < -0.39 is 0 Å². The van der Waals surface area contributed by atoms with Crippen molar-refractivity contribution in [2.45, 2.75) is 18.9 Å². The SMILES string of the molecule is COc1ccc(CC2NCCc3cc4c(cc32)OCO4)cc1Br. The number of rotatable bonds is 3. The molecule has 1 atom stereocenters. The van der Waals surface area contributed by atoms with Crippen LogP contribution in [0.2, 0.25) is 0 Å². The van der Waals surface area contributed by atoms with E-state index in [0.29, 0.717) is 6.79 Å². The smallest absolute Gasteiger partial charge is 0.231 e. The maximum atomic E-state index is 5.54. The van der Waals surface area contributed by atoms with Crippen LogP contribution in [-0.2, 0) is 12.8 Å². The van der Waals surface area contributed by atoms with Crippen molar-refractivity contribution < 1.29 is 14.2 Å². The Morgan fingerprint density at radius 3 is 2.83 bits per heavy atom. The summed E-state index contributed by atoms with van der Waals surface area (Å²) in [4.78, 5) is 0. The summed E-state index contributed by atoms with van der Waals surface area (Å²) < 4.78 is 17.3. The first-order chi connectivity index (χ1) is 11.2. The highest BCUT2D eigenvalue weighted by Gasteiger charge is 2.25. The number of ether oxygens (including phenoxy) is 3. The van der Waals surface area contributed by atoms with Crippen LogP contribution in [0, 0.1) is 0 Å². The van der Waals surface area contributed by atoms with Crippen molar-refractivity contribution >= 4 is 15.9 Å². The molecule has 2 aromatic rings. The van der Waals surface area contributed by atoms with Gasteiger partial charge in [0.05, 0.1) is 11.6 Å². The molecule has 0 fully saturated rings. The molecule has 1 unspecified atom stereocenters. The molecule has 0 aliphatic carbocycles. The van der Waals surface area contributed by atoms with Crippen molar-refractivity contribution in [3.8, 4) is 17.2 Å². The summed E-state index contributed by atoms with van der Waals surface area (Å²) in [6.07, 6.45) is 1.95. The molecule has 4 nitrogen and oxygen atoms in total. The Hall–Kier alpha value is -1.72. The molecule has 120 valence electrons. The molecule has 0 aromatic heterocycles. The van der Waals surface area contributed by atoms with Gasteiger partial charge in [-0.2, -0.15) is 0 Å². The zero-order valence-corrected chi connectivity index (χ0v) is 14.5. The first kappa shape index (κ1) is 14.8. The minimum absolute atomic E-state index is 0.286. The lowest BCUT2D eigenvalue weighted by atomic mass is 9.90. The van der Waals surface area contributed by atoms with Crippen molar-refractivity contribution in [1.82, 2.24) is 5.32 Å². The van der Waals surface area contributed by atoms with Crippen LogP contribution in [0.3, 0.4) is 0 Å². The van der Waals surface area contributed by atoms with Crippen LogP contribution in [0.4, 0.5) is 0 Å². The normalized spacial score (nSPS) is 18.6. The van der Waals surface area contributed by atoms with Gasteiger partial charge >= 0.3 is 0 Å². The number of hydrogen-bond acceptors (Lipinski definition) is 4. The Bertz CT molecular complexity index is 747. The van der Waals surface area contributed by atoms with Gasteiger partial charge in [0.1, 0.15) is 5.75 Å². The predicted octanol–water partition coefficient (Wildman–Crippen LogP) is 3.62. The van der Waals surface area contributed by atoms with E-state index in [2.05, 4.69) is 45.5 Å². The van der Waals surface area contributed by atoms with Crippen molar-refractivity contribution in [3.63, 3.8) is 0 Å². The Balaban J connectivity index is 1.63. The van der Waals surface area contributed by atoms with Crippen LogP contribution < -0.4 is 19.5 Å². The van der Waals surface area contributed by atoms with Crippen LogP contribution in [0.5, 0.6) is 17.2 Å². The molecule has 1 N–H and O–H groups in total. The number of methoxy groups -OCH3 is 1. The fourth-order valence-electron chi connectivity index (χ4n) is 3.29. The first-order valence-electron chi connectivity index (χ1n) is 7.73. The van der Waals surface area contributed by atoms with Crippen LogP contribution in [0.25, 0.3) is 0 Å². The molecule has 0 amide bonds. The Morgan fingerprint density at radius 2 is 2.04 bits per heavy atom. The van der Waals surface area contributed by atoms with E-state index in [-0.39, 0.29) is 6.04 Å². The van der Waals surface area contributed by atoms with Gasteiger partial charge in [0.2, 0.25) is 6.79 Å². The molecule has 2 aliphatic heterocycles. The predicted molar refractivity (Wildman–Crippen MR) is 91.4 cm³/mol. The van der Waals surface area contributed by atoms with Gasteiger partial charge in [0, 0.05) is 6.04 Å². The van der Waals surface area contributed by atoms with Crippen molar-refractivity contribution in [2.24, 2.45) is 0 Å². The van der Waals surface area contributed by atoms with E-state index in [9.17, 15) is 0 Å². The largest absolute Gasteiger partial charge is 0.496 e. The number of nitrogens with one attached hydrogen (secondary N) is 1. The summed E-state index contributed by atoms with van der Waals surface area (Å²) >= 11 is 3.56. The van der Waals surface area contributed by atoms with Gasteiger partial charge in [-0.1, -0.05) is 6.07 Å². The lowest BCUT2D eigenvalue weighted by Crippen LogP contribution is -2.31. The molecule has 2 aliphatic rings. The summed E-state index contributed by atoms with van der Waals surface area (Å²) in [5, 5.41) is 3.62. The van der Waals surface area contributed by atoms with E-state index in [4.69, 9.17) is 14.2 Å². The fraction of sp³-hybridized carbons (Fsp3) is 0.333. The fourth-order valence-corrected chi connectivity index (χ4v) is 3.87. The maximum Gasteiger partial charge on any atom is 0.231 e. The van der Waals surface area contributed by atoms with Crippen LogP contribution in [-0.4, -0.2) is 20.4 Å². The average molecular weight is 376 g/mol. The standard InChI is InChI=1S/C18H18BrNO3/c1-21-16-3-2-11(6-14(16)19)7-15-13-9-18-17(22-10-23-18)8-12(13)4-5-20-15/h2-3,6,8-9,15,20H,4-5,7,10H2,1H3. The Kier molecular flexibility index (Phi) is 3.91. The molecule has 4 rings (SSSR count). The van der Waals surface area contributed by atoms with E-state index in [1.807, 2.05) is 6.07 Å². The number of hydrogen-bond donors (Lipinski definition) is 1. The van der Waals surface area contributed by atoms with Crippen LogP contribution >= 0.6 is 15.9 Å². The van der Waals surface area contributed by atoms with Crippen molar-refractivity contribution in [1.29, 1.82) is 0 Å². The van der Waals surface area contributed by atoms with Gasteiger partial charge in [-0.05, 0) is 76.3 Å². The van der Waals surface area contributed by atoms with Crippen molar-refractivity contribution in [2.75, 3.05) is 20.4 Å². The molecule has 0 spiro atoms. The quantitative estimate of drug-likeness (QED) is 0.889. The van der Waals surface area contributed by atoms with Crippen molar-refractivity contribution in [3.05, 3.63) is 51.5 Å². The van der Waals surface area contributed by atoms with Gasteiger partial charge in [-0.3, -0.25) is 0 Å². The molecule has 0 saturated heterocycles. The number of halogens is 1. The molecule has 0 bridgehead atoms. The second kappa shape index (κ2) is 6.06. The summed E-state index contributed by atoms with van der Waals surface area (Å²) in [5.74, 6) is 2.58. The lowest BCUT2D eigenvalue weighted by molar-refractivity contribution is 0.174. The summed E-state index contributed by atoms with van der Waals surface area (Å²) in [6, 6.07) is 10.8. The summed E-state index contributed by atoms with van der Waals surface area (Å²) in [7, 11) is 1.68. The average Bonchev–Trinajstić information content (AvgIpc) is 3.01. The monoisotopic (exact) mass is 375 g/mol. The Labute approximate surface area is 143 Å². The second-order valence-electron chi connectivity index (χ2n) is 5.83. The third kappa shape index (κ3) is 2.79. The third-order valence-corrected chi connectivity index (χ3v) is 5.07. The van der Waals surface area contributed by atoms with Gasteiger partial charge in [-0.25, -0.2) is 0 Å². The van der Waals surface area contributed by atoms with E-state index in [0.717, 1.165) is 41.1 Å². The van der Waals surface area contributed by atoms with Gasteiger partial charge in [-0.15, -0.1) is 0 Å². The lowest BCUT2D eigenvalue weighted by Gasteiger charge is -2.27. The van der Waals surface area contributed by atoms with Gasteiger partial charge in [0.15, 0.2) is 11.5 Å².